The molecule has 2 aromatic rings. The van der Waals surface area contributed by atoms with Gasteiger partial charge in [-0.05, 0) is 0 Å². The molecule has 0 atom stereocenters. The Bertz CT molecular complexity index is 474. The van der Waals surface area contributed by atoms with Crippen LogP contribution < -0.4 is 10.2 Å². The van der Waals surface area contributed by atoms with E-state index in [-0.39, 0.29) is 0 Å². The maximum atomic E-state index is 5.39. The minimum atomic E-state index is 0.833. The summed E-state index contributed by atoms with van der Waals surface area (Å²) in [6.45, 7) is 3.99. The van der Waals surface area contributed by atoms with Crippen LogP contribution in [-0.4, -0.2) is 31.3 Å². The van der Waals surface area contributed by atoms with Crippen molar-refractivity contribution < 1.29 is 4.52 Å². The molecule has 0 aliphatic carbocycles. The van der Waals surface area contributed by atoms with Crippen molar-refractivity contribution in [2.45, 2.75) is 0 Å². The van der Waals surface area contributed by atoms with Crippen molar-refractivity contribution in [2.75, 3.05) is 31.1 Å². The monoisotopic (exact) mass is 229 g/mol. The van der Waals surface area contributed by atoms with E-state index < -0.39 is 0 Å². The minimum Gasteiger partial charge on any atom is -0.354 e. The van der Waals surface area contributed by atoms with Crippen molar-refractivity contribution in [1.29, 1.82) is 0 Å². The average molecular weight is 229 g/mol. The molecule has 0 spiro atoms. The fraction of sp³-hybridized carbons (Fsp3) is 0.308. The number of hydrogen-bond donors (Lipinski definition) is 1. The van der Waals surface area contributed by atoms with E-state index in [1.165, 1.54) is 0 Å². The van der Waals surface area contributed by atoms with E-state index in [0.29, 0.717) is 0 Å². The molecule has 1 aliphatic heterocycles. The van der Waals surface area contributed by atoms with E-state index in [0.717, 1.165) is 43.3 Å². The van der Waals surface area contributed by atoms with Crippen LogP contribution >= 0.6 is 0 Å². The van der Waals surface area contributed by atoms with Crippen molar-refractivity contribution in [3.8, 4) is 11.3 Å². The molecule has 3 rings (SSSR count). The van der Waals surface area contributed by atoms with Gasteiger partial charge in [-0.3, -0.25) is 0 Å². The zero-order valence-electron chi connectivity index (χ0n) is 9.60. The first-order chi connectivity index (χ1) is 8.43. The molecule has 0 saturated carbocycles. The van der Waals surface area contributed by atoms with Crippen LogP contribution in [0.15, 0.2) is 40.9 Å². The van der Waals surface area contributed by atoms with Gasteiger partial charge >= 0.3 is 0 Å². The zero-order chi connectivity index (χ0) is 11.5. The van der Waals surface area contributed by atoms with Gasteiger partial charge in [-0.2, -0.15) is 0 Å². The number of rotatable bonds is 2. The van der Waals surface area contributed by atoms with Gasteiger partial charge in [-0.1, -0.05) is 35.5 Å². The number of nitrogens with one attached hydrogen (secondary N) is 1. The lowest BCUT2D eigenvalue weighted by molar-refractivity contribution is 0.428. The smallest absolute Gasteiger partial charge is 0.172 e. The van der Waals surface area contributed by atoms with Gasteiger partial charge in [0.05, 0.1) is 0 Å². The highest BCUT2D eigenvalue weighted by atomic mass is 16.5. The van der Waals surface area contributed by atoms with Crippen molar-refractivity contribution in [1.82, 2.24) is 10.5 Å². The molecule has 0 radical (unpaired) electrons. The summed E-state index contributed by atoms with van der Waals surface area (Å²) in [5.74, 6) is 1.77. The van der Waals surface area contributed by atoms with Crippen LogP contribution in [0.4, 0.5) is 5.82 Å². The van der Waals surface area contributed by atoms with E-state index in [2.05, 4.69) is 15.4 Å². The molecule has 1 fully saturated rings. The Balaban J connectivity index is 1.83. The van der Waals surface area contributed by atoms with Crippen LogP contribution in [0.25, 0.3) is 11.3 Å². The normalized spacial score (nSPS) is 16.1. The SMILES string of the molecule is c1ccc(-c2cc(N3CCNCC3)no2)cc1. The van der Waals surface area contributed by atoms with Crippen molar-refractivity contribution in [2.24, 2.45) is 0 Å². The van der Waals surface area contributed by atoms with E-state index in [9.17, 15) is 0 Å². The first kappa shape index (κ1) is 10.4. The molecule has 1 aromatic heterocycles. The second-order valence-electron chi connectivity index (χ2n) is 4.15. The fourth-order valence-corrected chi connectivity index (χ4v) is 2.05. The largest absolute Gasteiger partial charge is 0.354 e. The first-order valence-corrected chi connectivity index (χ1v) is 5.91. The molecule has 0 unspecified atom stereocenters. The molecule has 17 heavy (non-hydrogen) atoms. The predicted octanol–water partition coefficient (Wildman–Crippen LogP) is 1.75. The molecule has 1 aliphatic rings. The summed E-state index contributed by atoms with van der Waals surface area (Å²) < 4.78 is 5.39. The van der Waals surface area contributed by atoms with Gasteiger partial charge < -0.3 is 14.7 Å². The fourth-order valence-electron chi connectivity index (χ4n) is 2.05. The van der Waals surface area contributed by atoms with Crippen molar-refractivity contribution >= 4 is 5.82 Å². The number of benzene rings is 1. The molecule has 1 saturated heterocycles. The number of anilines is 1. The van der Waals surface area contributed by atoms with Crippen molar-refractivity contribution in [3.05, 3.63) is 36.4 Å². The quantitative estimate of drug-likeness (QED) is 0.851. The highest BCUT2D eigenvalue weighted by Crippen LogP contribution is 2.24. The Hall–Kier alpha value is -1.81. The topological polar surface area (TPSA) is 41.3 Å². The van der Waals surface area contributed by atoms with E-state index in [4.69, 9.17) is 4.52 Å². The third-order valence-corrected chi connectivity index (χ3v) is 3.00. The maximum absolute atomic E-state index is 5.39. The molecule has 1 aromatic carbocycles. The standard InChI is InChI=1S/C13H15N3O/c1-2-4-11(5-3-1)12-10-13(15-17-12)16-8-6-14-7-9-16/h1-5,10,14H,6-9H2. The van der Waals surface area contributed by atoms with Gasteiger partial charge in [-0.15, -0.1) is 0 Å². The highest BCUT2D eigenvalue weighted by molar-refractivity contribution is 5.61. The number of hydrogen-bond acceptors (Lipinski definition) is 4. The van der Waals surface area contributed by atoms with Crippen LogP contribution in [0.3, 0.4) is 0 Å². The van der Waals surface area contributed by atoms with Gasteiger partial charge in [0.15, 0.2) is 11.6 Å². The van der Waals surface area contributed by atoms with Crippen LogP contribution in [0.5, 0.6) is 0 Å². The second-order valence-corrected chi connectivity index (χ2v) is 4.15. The summed E-state index contributed by atoms with van der Waals surface area (Å²) in [6, 6.07) is 12.1. The molecule has 1 N–H and O–H groups in total. The molecule has 88 valence electrons. The molecule has 4 nitrogen and oxygen atoms in total. The third-order valence-electron chi connectivity index (χ3n) is 3.00. The zero-order valence-corrected chi connectivity index (χ0v) is 9.60. The molecule has 2 heterocycles. The molecule has 0 amide bonds. The third kappa shape index (κ3) is 2.17. The number of nitrogens with zero attached hydrogens (tertiary/aromatic N) is 2. The van der Waals surface area contributed by atoms with Crippen molar-refractivity contribution in [3.63, 3.8) is 0 Å². The molecule has 4 heteroatoms. The van der Waals surface area contributed by atoms with Crippen LogP contribution in [0, 0.1) is 0 Å². The summed E-state index contributed by atoms with van der Waals surface area (Å²) in [4.78, 5) is 2.24. The Morgan fingerprint density at radius 3 is 2.65 bits per heavy atom. The summed E-state index contributed by atoms with van der Waals surface area (Å²) >= 11 is 0. The van der Waals surface area contributed by atoms with E-state index in [1.807, 2.05) is 36.4 Å². The highest BCUT2D eigenvalue weighted by Gasteiger charge is 2.15. The van der Waals surface area contributed by atoms with Gasteiger partial charge in [-0.25, -0.2) is 0 Å². The van der Waals surface area contributed by atoms with Crippen LogP contribution in [-0.2, 0) is 0 Å². The number of piperazine rings is 1. The minimum absolute atomic E-state index is 0.833. The molecule has 0 bridgehead atoms. The number of aromatic nitrogens is 1. The average Bonchev–Trinajstić information content (AvgIpc) is 2.90. The Morgan fingerprint density at radius 1 is 1.12 bits per heavy atom. The Kier molecular flexibility index (Phi) is 2.80. The molecular weight excluding hydrogens is 214 g/mol. The van der Waals surface area contributed by atoms with Crippen LogP contribution in [0.2, 0.25) is 0 Å². The first-order valence-electron chi connectivity index (χ1n) is 5.91. The van der Waals surface area contributed by atoms with Crippen LogP contribution in [0.1, 0.15) is 0 Å². The van der Waals surface area contributed by atoms with Gasteiger partial charge in [0.2, 0.25) is 0 Å². The van der Waals surface area contributed by atoms with Gasteiger partial charge in [0, 0.05) is 37.8 Å². The lowest BCUT2D eigenvalue weighted by Gasteiger charge is -2.26. The van der Waals surface area contributed by atoms with E-state index in [1.54, 1.807) is 0 Å². The molecular formula is C13H15N3O. The summed E-state index contributed by atoms with van der Waals surface area (Å²) in [7, 11) is 0. The van der Waals surface area contributed by atoms with Gasteiger partial charge in [0.1, 0.15) is 0 Å². The van der Waals surface area contributed by atoms with Gasteiger partial charge in [0.25, 0.3) is 0 Å². The lowest BCUT2D eigenvalue weighted by atomic mass is 10.2. The predicted molar refractivity (Wildman–Crippen MR) is 67.0 cm³/mol. The Labute approximate surface area is 100 Å². The second kappa shape index (κ2) is 4.59. The van der Waals surface area contributed by atoms with E-state index >= 15 is 0 Å². The lowest BCUT2D eigenvalue weighted by Crippen LogP contribution is -2.43. The summed E-state index contributed by atoms with van der Waals surface area (Å²) in [5.41, 5.74) is 1.07. The summed E-state index contributed by atoms with van der Waals surface area (Å²) in [5, 5.41) is 7.46. The maximum Gasteiger partial charge on any atom is 0.172 e. The Morgan fingerprint density at radius 2 is 1.88 bits per heavy atom. The summed E-state index contributed by atoms with van der Waals surface area (Å²) in [6.07, 6.45) is 0.